The van der Waals surface area contributed by atoms with E-state index in [1.807, 2.05) is 0 Å². The molecule has 0 saturated heterocycles. The van der Waals surface area contributed by atoms with E-state index >= 15 is 0 Å². The first kappa shape index (κ1) is 15.2. The molecular formula is C15H23N3OS. The number of methoxy groups -OCH3 is 1. The minimum Gasteiger partial charge on any atom is -0.383 e. The summed E-state index contributed by atoms with van der Waals surface area (Å²) in [4.78, 5) is 0. The Bertz CT molecular complexity index is 519. The van der Waals surface area contributed by atoms with Gasteiger partial charge in [0.1, 0.15) is 0 Å². The second kappa shape index (κ2) is 7.57. The van der Waals surface area contributed by atoms with Crippen LogP contribution in [0.25, 0.3) is 0 Å². The Labute approximate surface area is 124 Å². The predicted octanol–water partition coefficient (Wildman–Crippen LogP) is 2.39. The Morgan fingerprint density at radius 3 is 2.90 bits per heavy atom. The molecule has 2 aromatic rings. The maximum atomic E-state index is 5.03. The lowest BCUT2D eigenvalue weighted by molar-refractivity contribution is 0.199. The third-order valence-electron chi connectivity index (χ3n) is 3.48. The summed E-state index contributed by atoms with van der Waals surface area (Å²) in [6.45, 7) is 7.76. The van der Waals surface area contributed by atoms with E-state index in [0.717, 1.165) is 38.4 Å². The molecule has 0 aromatic carbocycles. The maximum absolute atomic E-state index is 5.03. The van der Waals surface area contributed by atoms with Crippen LogP contribution in [0, 0.1) is 13.8 Å². The summed E-state index contributed by atoms with van der Waals surface area (Å²) in [5.41, 5.74) is 5.11. The Morgan fingerprint density at radius 2 is 2.20 bits per heavy atom. The van der Waals surface area contributed by atoms with Gasteiger partial charge in [0.2, 0.25) is 0 Å². The number of ether oxygens (including phenoxy) is 1. The zero-order valence-electron chi connectivity index (χ0n) is 12.5. The van der Waals surface area contributed by atoms with Gasteiger partial charge in [0.05, 0.1) is 18.8 Å². The minimum absolute atomic E-state index is 0.759. The van der Waals surface area contributed by atoms with E-state index < -0.39 is 0 Å². The molecule has 0 spiro atoms. The van der Waals surface area contributed by atoms with Gasteiger partial charge in [-0.25, -0.2) is 0 Å². The van der Waals surface area contributed by atoms with Crippen LogP contribution in [0.3, 0.4) is 0 Å². The Morgan fingerprint density at radius 1 is 1.35 bits per heavy atom. The molecule has 2 rings (SSSR count). The van der Waals surface area contributed by atoms with Crippen molar-refractivity contribution < 1.29 is 4.74 Å². The van der Waals surface area contributed by atoms with Crippen LogP contribution in [0.1, 0.15) is 22.5 Å². The molecule has 110 valence electrons. The Balaban J connectivity index is 1.94. The first-order valence-corrected chi connectivity index (χ1v) is 7.90. The average molecular weight is 293 g/mol. The molecule has 0 saturated carbocycles. The number of hydrogen-bond donors (Lipinski definition) is 1. The molecular weight excluding hydrogens is 270 g/mol. The van der Waals surface area contributed by atoms with Crippen molar-refractivity contribution in [3.8, 4) is 0 Å². The van der Waals surface area contributed by atoms with Crippen LogP contribution in [0.4, 0.5) is 0 Å². The summed E-state index contributed by atoms with van der Waals surface area (Å²) in [5, 5.41) is 12.3. The first-order chi connectivity index (χ1) is 9.72. The molecule has 0 bridgehead atoms. The summed E-state index contributed by atoms with van der Waals surface area (Å²) in [6.07, 6.45) is 1.02. The number of rotatable bonds is 8. The largest absolute Gasteiger partial charge is 0.383 e. The second-order valence-corrected chi connectivity index (χ2v) is 5.71. The monoisotopic (exact) mass is 293 g/mol. The van der Waals surface area contributed by atoms with Crippen molar-refractivity contribution in [2.24, 2.45) is 0 Å². The highest BCUT2D eigenvalue weighted by atomic mass is 32.1. The molecule has 0 atom stereocenters. The SMILES string of the molecule is COCCNCCc1c(C)nn(Cc2ccsc2)c1C. The van der Waals surface area contributed by atoms with E-state index in [4.69, 9.17) is 4.74 Å². The number of nitrogens with one attached hydrogen (secondary N) is 1. The van der Waals surface area contributed by atoms with Crippen LogP contribution in [0.15, 0.2) is 16.8 Å². The third kappa shape index (κ3) is 3.91. The smallest absolute Gasteiger partial charge is 0.0670 e. The molecule has 4 nitrogen and oxygen atoms in total. The normalized spacial score (nSPS) is 11.2. The molecule has 0 aliphatic rings. The van der Waals surface area contributed by atoms with Crippen molar-refractivity contribution in [1.29, 1.82) is 0 Å². The molecule has 2 heterocycles. The van der Waals surface area contributed by atoms with Crippen molar-refractivity contribution in [2.45, 2.75) is 26.8 Å². The third-order valence-corrected chi connectivity index (χ3v) is 4.21. The van der Waals surface area contributed by atoms with Crippen molar-refractivity contribution in [2.75, 3.05) is 26.8 Å². The fourth-order valence-electron chi connectivity index (χ4n) is 2.32. The van der Waals surface area contributed by atoms with Crippen LogP contribution in [-0.2, 0) is 17.7 Å². The van der Waals surface area contributed by atoms with E-state index in [1.54, 1.807) is 18.4 Å². The summed E-state index contributed by atoms with van der Waals surface area (Å²) in [7, 11) is 1.73. The van der Waals surface area contributed by atoms with Gasteiger partial charge in [0.15, 0.2) is 0 Å². The zero-order valence-corrected chi connectivity index (χ0v) is 13.3. The topological polar surface area (TPSA) is 39.1 Å². The number of nitrogens with zero attached hydrogens (tertiary/aromatic N) is 2. The number of hydrogen-bond acceptors (Lipinski definition) is 4. The number of aryl methyl sites for hydroxylation is 1. The summed E-state index contributed by atoms with van der Waals surface area (Å²) >= 11 is 1.73. The van der Waals surface area contributed by atoms with Gasteiger partial charge in [0.25, 0.3) is 0 Å². The van der Waals surface area contributed by atoms with Crippen LogP contribution in [0.5, 0.6) is 0 Å². The summed E-state index contributed by atoms with van der Waals surface area (Å²) in [5.74, 6) is 0. The second-order valence-electron chi connectivity index (χ2n) is 4.93. The van der Waals surface area contributed by atoms with Crippen LogP contribution >= 0.6 is 11.3 Å². The van der Waals surface area contributed by atoms with Crippen molar-refractivity contribution in [1.82, 2.24) is 15.1 Å². The van der Waals surface area contributed by atoms with E-state index in [-0.39, 0.29) is 0 Å². The summed E-state index contributed by atoms with van der Waals surface area (Å²) < 4.78 is 7.14. The molecule has 0 aliphatic heterocycles. The highest BCUT2D eigenvalue weighted by Crippen LogP contribution is 2.16. The molecule has 0 unspecified atom stereocenters. The van der Waals surface area contributed by atoms with Gasteiger partial charge in [-0.3, -0.25) is 4.68 Å². The van der Waals surface area contributed by atoms with Gasteiger partial charge >= 0.3 is 0 Å². The number of aromatic nitrogens is 2. The fraction of sp³-hybridized carbons (Fsp3) is 0.533. The lowest BCUT2D eigenvalue weighted by Crippen LogP contribution is -2.22. The Hall–Kier alpha value is -1.17. The zero-order chi connectivity index (χ0) is 14.4. The maximum Gasteiger partial charge on any atom is 0.0670 e. The molecule has 20 heavy (non-hydrogen) atoms. The lowest BCUT2D eigenvalue weighted by Gasteiger charge is -2.06. The van der Waals surface area contributed by atoms with Crippen LogP contribution < -0.4 is 5.32 Å². The van der Waals surface area contributed by atoms with Gasteiger partial charge in [-0.15, -0.1) is 0 Å². The predicted molar refractivity (Wildman–Crippen MR) is 83.6 cm³/mol. The lowest BCUT2D eigenvalue weighted by atomic mass is 10.1. The van der Waals surface area contributed by atoms with E-state index in [2.05, 4.69) is 45.8 Å². The van der Waals surface area contributed by atoms with Gasteiger partial charge in [-0.05, 0) is 54.8 Å². The molecule has 0 radical (unpaired) electrons. The average Bonchev–Trinajstić information content (AvgIpc) is 3.02. The van der Waals surface area contributed by atoms with Crippen LogP contribution in [-0.4, -0.2) is 36.6 Å². The van der Waals surface area contributed by atoms with Crippen molar-refractivity contribution in [3.63, 3.8) is 0 Å². The minimum atomic E-state index is 0.759. The van der Waals surface area contributed by atoms with E-state index in [0.29, 0.717) is 0 Å². The summed E-state index contributed by atoms with van der Waals surface area (Å²) in [6, 6.07) is 2.16. The van der Waals surface area contributed by atoms with E-state index in [9.17, 15) is 0 Å². The Kier molecular flexibility index (Phi) is 5.76. The van der Waals surface area contributed by atoms with Crippen molar-refractivity contribution in [3.05, 3.63) is 39.3 Å². The van der Waals surface area contributed by atoms with Crippen LogP contribution in [0.2, 0.25) is 0 Å². The molecule has 1 N–H and O–H groups in total. The molecule has 0 aliphatic carbocycles. The highest BCUT2D eigenvalue weighted by Gasteiger charge is 2.11. The molecule has 2 aromatic heterocycles. The first-order valence-electron chi connectivity index (χ1n) is 6.96. The van der Waals surface area contributed by atoms with Gasteiger partial charge in [-0.2, -0.15) is 16.4 Å². The quantitative estimate of drug-likeness (QED) is 0.760. The standard InChI is InChI=1S/C15H23N3OS/c1-12-15(4-6-16-7-8-19-3)13(2)18(17-12)10-14-5-9-20-11-14/h5,9,11,16H,4,6-8,10H2,1-3H3. The van der Waals surface area contributed by atoms with Gasteiger partial charge in [-0.1, -0.05) is 0 Å². The van der Waals surface area contributed by atoms with Gasteiger partial charge in [0, 0.05) is 19.3 Å². The van der Waals surface area contributed by atoms with Crippen molar-refractivity contribution >= 4 is 11.3 Å². The molecule has 0 fully saturated rings. The molecule has 0 amide bonds. The van der Waals surface area contributed by atoms with Gasteiger partial charge < -0.3 is 10.1 Å². The molecule has 5 heteroatoms. The van der Waals surface area contributed by atoms with E-state index in [1.165, 1.54) is 16.8 Å². The fourth-order valence-corrected chi connectivity index (χ4v) is 2.98. The number of thiophene rings is 1. The highest BCUT2D eigenvalue weighted by molar-refractivity contribution is 7.07.